The van der Waals surface area contributed by atoms with Gasteiger partial charge in [-0.3, -0.25) is 0 Å². The zero-order valence-electron chi connectivity index (χ0n) is 11.1. The molecule has 0 radical (unpaired) electrons. The van der Waals surface area contributed by atoms with Crippen LogP contribution in [0.25, 0.3) is 5.69 Å². The fourth-order valence-corrected chi connectivity index (χ4v) is 2.92. The van der Waals surface area contributed by atoms with E-state index < -0.39 is 0 Å². The van der Waals surface area contributed by atoms with Gasteiger partial charge in [-0.15, -0.1) is 0 Å². The first-order chi connectivity index (χ1) is 10.2. The summed E-state index contributed by atoms with van der Waals surface area (Å²) in [6.07, 6.45) is 1.75. The van der Waals surface area contributed by atoms with Gasteiger partial charge >= 0.3 is 0 Å². The third kappa shape index (κ3) is 2.88. The molecule has 2 aromatic carbocycles. The highest BCUT2D eigenvalue weighted by Gasteiger charge is 2.17. The summed E-state index contributed by atoms with van der Waals surface area (Å²) >= 11 is 9.61. The molecule has 0 aliphatic carbocycles. The van der Waals surface area contributed by atoms with Gasteiger partial charge in [-0.1, -0.05) is 45.7 Å². The van der Waals surface area contributed by atoms with Crippen LogP contribution in [0.1, 0.15) is 17.3 Å². The van der Waals surface area contributed by atoms with E-state index >= 15 is 0 Å². The van der Waals surface area contributed by atoms with Gasteiger partial charge < -0.3 is 5.73 Å². The van der Waals surface area contributed by atoms with Gasteiger partial charge in [-0.2, -0.15) is 5.10 Å². The van der Waals surface area contributed by atoms with Crippen molar-refractivity contribution in [2.45, 2.75) is 6.04 Å². The van der Waals surface area contributed by atoms with Crippen molar-refractivity contribution in [2.24, 2.45) is 5.73 Å². The van der Waals surface area contributed by atoms with E-state index in [0.717, 1.165) is 21.4 Å². The standard InChI is InChI=1S/C16H13BrClN3/c17-14-7-6-11(18)10-13(14)16(19)15-8-9-20-21(15)12-4-2-1-3-5-12/h1-10,16H,19H2. The van der Waals surface area contributed by atoms with Gasteiger partial charge in [0.25, 0.3) is 0 Å². The van der Waals surface area contributed by atoms with Crippen LogP contribution < -0.4 is 5.73 Å². The number of para-hydroxylation sites is 1. The Morgan fingerprint density at radius 3 is 2.62 bits per heavy atom. The third-order valence-electron chi connectivity index (χ3n) is 3.28. The lowest BCUT2D eigenvalue weighted by Gasteiger charge is -2.16. The van der Waals surface area contributed by atoms with Crippen molar-refractivity contribution in [3.05, 3.63) is 81.5 Å². The summed E-state index contributed by atoms with van der Waals surface area (Å²) in [6.45, 7) is 0. The highest BCUT2D eigenvalue weighted by atomic mass is 79.9. The molecule has 1 aromatic heterocycles. The third-order valence-corrected chi connectivity index (χ3v) is 4.24. The zero-order valence-corrected chi connectivity index (χ0v) is 13.4. The second-order valence-corrected chi connectivity index (χ2v) is 5.94. The lowest BCUT2D eigenvalue weighted by Crippen LogP contribution is -2.17. The van der Waals surface area contributed by atoms with Gasteiger partial charge in [-0.05, 0) is 42.0 Å². The summed E-state index contributed by atoms with van der Waals surface area (Å²) in [5, 5.41) is 5.03. The maximum atomic E-state index is 6.42. The molecule has 1 atom stereocenters. The molecule has 0 saturated carbocycles. The van der Waals surface area contributed by atoms with Gasteiger partial charge in [0, 0.05) is 15.7 Å². The Hall–Kier alpha value is -1.62. The normalized spacial score (nSPS) is 12.3. The summed E-state index contributed by atoms with van der Waals surface area (Å²) in [7, 11) is 0. The highest BCUT2D eigenvalue weighted by molar-refractivity contribution is 9.10. The second-order valence-electron chi connectivity index (χ2n) is 4.65. The quantitative estimate of drug-likeness (QED) is 0.753. The summed E-state index contributed by atoms with van der Waals surface area (Å²) < 4.78 is 2.78. The number of hydrogen-bond acceptors (Lipinski definition) is 2. The summed E-state index contributed by atoms with van der Waals surface area (Å²) in [5.41, 5.74) is 9.23. The Kier molecular flexibility index (Phi) is 4.10. The summed E-state index contributed by atoms with van der Waals surface area (Å²) in [5.74, 6) is 0. The van der Waals surface area contributed by atoms with Gasteiger partial charge in [0.1, 0.15) is 0 Å². The van der Waals surface area contributed by atoms with Crippen LogP contribution in [0.4, 0.5) is 0 Å². The molecule has 21 heavy (non-hydrogen) atoms. The molecule has 0 aliphatic heterocycles. The highest BCUT2D eigenvalue weighted by Crippen LogP contribution is 2.30. The van der Waals surface area contributed by atoms with Crippen LogP contribution in [0, 0.1) is 0 Å². The average Bonchev–Trinajstić information content (AvgIpc) is 2.99. The first-order valence-corrected chi connectivity index (χ1v) is 7.64. The lowest BCUT2D eigenvalue weighted by molar-refractivity contribution is 0.737. The van der Waals surface area contributed by atoms with E-state index in [1.54, 1.807) is 6.20 Å². The fourth-order valence-electron chi connectivity index (χ4n) is 2.25. The van der Waals surface area contributed by atoms with Crippen LogP contribution in [0.2, 0.25) is 5.02 Å². The van der Waals surface area contributed by atoms with E-state index in [1.165, 1.54) is 0 Å². The van der Waals surface area contributed by atoms with Crippen LogP contribution >= 0.6 is 27.5 Å². The first-order valence-electron chi connectivity index (χ1n) is 6.46. The van der Waals surface area contributed by atoms with Crippen molar-refractivity contribution in [3.63, 3.8) is 0 Å². The van der Waals surface area contributed by atoms with Gasteiger partial charge in [-0.25, -0.2) is 4.68 Å². The molecule has 3 nitrogen and oxygen atoms in total. The van der Waals surface area contributed by atoms with Crippen LogP contribution in [0.5, 0.6) is 0 Å². The molecule has 106 valence electrons. The molecule has 0 fully saturated rings. The number of benzene rings is 2. The maximum Gasteiger partial charge on any atom is 0.0739 e. The number of nitrogens with two attached hydrogens (primary N) is 1. The fraction of sp³-hybridized carbons (Fsp3) is 0.0625. The van der Waals surface area contributed by atoms with Crippen molar-refractivity contribution in [3.8, 4) is 5.69 Å². The maximum absolute atomic E-state index is 6.42. The molecule has 0 saturated heterocycles. The molecule has 0 aliphatic rings. The van der Waals surface area contributed by atoms with Crippen LogP contribution in [-0.2, 0) is 0 Å². The Morgan fingerprint density at radius 2 is 1.86 bits per heavy atom. The van der Waals surface area contributed by atoms with Crippen LogP contribution in [0.3, 0.4) is 0 Å². The van der Waals surface area contributed by atoms with Gasteiger partial charge in [0.15, 0.2) is 0 Å². The van der Waals surface area contributed by atoms with Gasteiger partial charge in [0.2, 0.25) is 0 Å². The number of aromatic nitrogens is 2. The van der Waals surface area contributed by atoms with Crippen LogP contribution in [0.15, 0.2) is 65.3 Å². The molecule has 0 bridgehead atoms. The Labute approximate surface area is 136 Å². The van der Waals surface area contributed by atoms with Crippen molar-refractivity contribution < 1.29 is 0 Å². The number of rotatable bonds is 3. The Bertz CT molecular complexity index is 755. The van der Waals surface area contributed by atoms with E-state index in [0.29, 0.717) is 5.02 Å². The monoisotopic (exact) mass is 361 g/mol. The van der Waals surface area contributed by atoms with Crippen molar-refractivity contribution >= 4 is 27.5 Å². The molecular weight excluding hydrogens is 350 g/mol. The predicted octanol–water partition coefficient (Wildman–Crippen LogP) is 4.34. The second kappa shape index (κ2) is 6.02. The topological polar surface area (TPSA) is 43.8 Å². The zero-order chi connectivity index (χ0) is 14.8. The van der Waals surface area contributed by atoms with Crippen molar-refractivity contribution in [1.82, 2.24) is 9.78 Å². The predicted molar refractivity (Wildman–Crippen MR) is 88.7 cm³/mol. The van der Waals surface area contributed by atoms with E-state index in [2.05, 4.69) is 21.0 Å². The molecule has 1 unspecified atom stereocenters. The van der Waals surface area contributed by atoms with E-state index in [9.17, 15) is 0 Å². The van der Waals surface area contributed by atoms with Gasteiger partial charge in [0.05, 0.1) is 17.4 Å². The largest absolute Gasteiger partial charge is 0.319 e. The lowest BCUT2D eigenvalue weighted by atomic mass is 10.0. The van der Waals surface area contributed by atoms with Crippen molar-refractivity contribution in [2.75, 3.05) is 0 Å². The smallest absolute Gasteiger partial charge is 0.0739 e. The van der Waals surface area contributed by atoms with E-state index in [1.807, 2.05) is 59.3 Å². The molecule has 2 N–H and O–H groups in total. The molecular formula is C16H13BrClN3. The first kappa shape index (κ1) is 14.3. The van der Waals surface area contributed by atoms with Crippen molar-refractivity contribution in [1.29, 1.82) is 0 Å². The number of nitrogens with zero attached hydrogens (tertiary/aromatic N) is 2. The molecule has 1 heterocycles. The summed E-state index contributed by atoms with van der Waals surface area (Å²) in [6, 6.07) is 17.1. The SMILES string of the molecule is NC(c1cc(Cl)ccc1Br)c1ccnn1-c1ccccc1. The summed E-state index contributed by atoms with van der Waals surface area (Å²) in [4.78, 5) is 0. The molecule has 3 rings (SSSR count). The minimum atomic E-state index is -0.319. The molecule has 0 spiro atoms. The minimum Gasteiger partial charge on any atom is -0.319 e. The average molecular weight is 363 g/mol. The Balaban J connectivity index is 2.06. The minimum absolute atomic E-state index is 0.319. The Morgan fingerprint density at radius 1 is 1.10 bits per heavy atom. The molecule has 3 aromatic rings. The molecule has 0 amide bonds. The van der Waals surface area contributed by atoms with E-state index in [-0.39, 0.29) is 6.04 Å². The number of halogens is 2. The van der Waals surface area contributed by atoms with Crippen LogP contribution in [-0.4, -0.2) is 9.78 Å². The number of hydrogen-bond donors (Lipinski definition) is 1. The molecule has 5 heteroatoms. The van der Waals surface area contributed by atoms with E-state index in [4.69, 9.17) is 17.3 Å².